The van der Waals surface area contributed by atoms with Gasteiger partial charge in [-0.15, -0.1) is 0 Å². The van der Waals surface area contributed by atoms with Gasteiger partial charge in [0.05, 0.1) is 4.90 Å². The van der Waals surface area contributed by atoms with Crippen LogP contribution in [0.1, 0.15) is 42.0 Å². The highest BCUT2D eigenvalue weighted by atomic mass is 32.2. The van der Waals surface area contributed by atoms with Gasteiger partial charge in [-0.3, -0.25) is 9.59 Å². The third kappa shape index (κ3) is 4.80. The molecule has 2 amide bonds. The Hall–Kier alpha value is -2.71. The molecule has 0 fully saturated rings. The lowest BCUT2D eigenvalue weighted by Crippen LogP contribution is -2.56. The zero-order valence-corrected chi connectivity index (χ0v) is 18.9. The quantitative estimate of drug-likeness (QED) is 0.683. The van der Waals surface area contributed by atoms with Crippen LogP contribution < -0.4 is 11.1 Å². The molecule has 0 unspecified atom stereocenters. The first-order valence-corrected chi connectivity index (χ1v) is 11.8. The fourth-order valence-corrected chi connectivity index (χ4v) is 5.81. The molecule has 166 valence electrons. The van der Waals surface area contributed by atoms with E-state index in [-0.39, 0.29) is 17.9 Å². The molecule has 2 aromatic carbocycles. The normalized spacial score (nSPS) is 17.6. The van der Waals surface area contributed by atoms with Gasteiger partial charge in [0.2, 0.25) is 21.8 Å². The molecule has 2 atom stereocenters. The van der Waals surface area contributed by atoms with Crippen LogP contribution in [-0.4, -0.2) is 36.6 Å². The van der Waals surface area contributed by atoms with Gasteiger partial charge in [0.1, 0.15) is 12.1 Å². The fraction of sp³-hybridized carbons (Fsp3) is 0.391. The molecule has 1 heterocycles. The van der Waals surface area contributed by atoms with E-state index in [1.807, 2.05) is 44.2 Å². The second kappa shape index (κ2) is 9.20. The molecule has 0 spiro atoms. The van der Waals surface area contributed by atoms with Crippen LogP contribution in [0.3, 0.4) is 0 Å². The van der Waals surface area contributed by atoms with E-state index in [0.717, 1.165) is 16.7 Å². The van der Waals surface area contributed by atoms with Crippen LogP contribution in [0.25, 0.3) is 0 Å². The van der Waals surface area contributed by atoms with E-state index in [0.29, 0.717) is 18.4 Å². The first-order valence-electron chi connectivity index (χ1n) is 10.4. The maximum atomic E-state index is 13.7. The SMILES string of the molecule is CCC[C@H](NC(=O)[C@@H]1Cc2ccccc2CN1S(=O)(=O)c1cc(C)ccc1C)C(N)=O. The summed E-state index contributed by atoms with van der Waals surface area (Å²) in [5.74, 6) is -1.14. The van der Waals surface area contributed by atoms with Crippen molar-refractivity contribution in [2.24, 2.45) is 5.73 Å². The molecule has 7 nitrogen and oxygen atoms in total. The summed E-state index contributed by atoms with van der Waals surface area (Å²) in [7, 11) is -3.96. The largest absolute Gasteiger partial charge is 0.368 e. The van der Waals surface area contributed by atoms with Crippen LogP contribution in [0.4, 0.5) is 0 Å². The summed E-state index contributed by atoms with van der Waals surface area (Å²) in [5.41, 5.74) is 8.65. The lowest BCUT2D eigenvalue weighted by Gasteiger charge is -2.36. The van der Waals surface area contributed by atoms with Gasteiger partial charge in [-0.25, -0.2) is 8.42 Å². The molecule has 0 aliphatic carbocycles. The van der Waals surface area contributed by atoms with E-state index >= 15 is 0 Å². The number of nitrogens with one attached hydrogen (secondary N) is 1. The van der Waals surface area contributed by atoms with Gasteiger partial charge in [-0.1, -0.05) is 49.7 Å². The molecule has 2 aromatic rings. The molecule has 8 heteroatoms. The van der Waals surface area contributed by atoms with Crippen LogP contribution in [0, 0.1) is 13.8 Å². The molecule has 1 aliphatic heterocycles. The highest BCUT2D eigenvalue weighted by molar-refractivity contribution is 7.89. The zero-order chi connectivity index (χ0) is 22.8. The van der Waals surface area contributed by atoms with E-state index < -0.39 is 33.9 Å². The number of nitrogens with two attached hydrogens (primary N) is 1. The van der Waals surface area contributed by atoms with E-state index in [2.05, 4.69) is 5.32 Å². The number of hydrogen-bond acceptors (Lipinski definition) is 4. The van der Waals surface area contributed by atoms with E-state index in [9.17, 15) is 18.0 Å². The van der Waals surface area contributed by atoms with Crippen LogP contribution in [0.2, 0.25) is 0 Å². The van der Waals surface area contributed by atoms with Crippen molar-refractivity contribution >= 4 is 21.8 Å². The lowest BCUT2D eigenvalue weighted by atomic mass is 9.95. The number of aryl methyl sites for hydroxylation is 2. The second-order valence-electron chi connectivity index (χ2n) is 8.06. The molecular formula is C23H29N3O4S. The van der Waals surface area contributed by atoms with Crippen LogP contribution >= 0.6 is 0 Å². The lowest BCUT2D eigenvalue weighted by molar-refractivity contribution is -0.130. The number of nitrogens with zero attached hydrogens (tertiary/aromatic N) is 1. The van der Waals surface area contributed by atoms with Crippen molar-refractivity contribution in [1.29, 1.82) is 0 Å². The number of benzene rings is 2. The minimum Gasteiger partial charge on any atom is -0.368 e. The van der Waals surface area contributed by atoms with Crippen molar-refractivity contribution in [2.75, 3.05) is 0 Å². The summed E-state index contributed by atoms with van der Waals surface area (Å²) in [6, 6.07) is 10.9. The van der Waals surface area contributed by atoms with Crippen molar-refractivity contribution < 1.29 is 18.0 Å². The number of sulfonamides is 1. The summed E-state index contributed by atoms with van der Waals surface area (Å²) in [4.78, 5) is 25.2. The number of carbonyl (C=O) groups excluding carboxylic acids is 2. The van der Waals surface area contributed by atoms with Gasteiger partial charge in [-0.05, 0) is 55.0 Å². The van der Waals surface area contributed by atoms with Gasteiger partial charge in [-0.2, -0.15) is 4.31 Å². The Morgan fingerprint density at radius 2 is 1.84 bits per heavy atom. The Morgan fingerprint density at radius 1 is 1.16 bits per heavy atom. The number of fused-ring (bicyclic) bond motifs is 1. The molecule has 0 aromatic heterocycles. The zero-order valence-electron chi connectivity index (χ0n) is 18.1. The van der Waals surface area contributed by atoms with Crippen LogP contribution in [0.15, 0.2) is 47.4 Å². The molecule has 1 aliphatic rings. The van der Waals surface area contributed by atoms with Crippen molar-refractivity contribution in [3.63, 3.8) is 0 Å². The standard InChI is InChI=1S/C23H29N3O4S/c1-4-7-19(22(24)27)25-23(28)20-13-17-8-5-6-9-18(17)14-26(20)31(29,30)21-12-15(2)10-11-16(21)3/h5-6,8-12,19-20H,4,7,13-14H2,1-3H3,(H2,24,27)(H,25,28)/t19-,20-/m0/s1. The number of carbonyl (C=O) groups is 2. The van der Waals surface area contributed by atoms with Crippen molar-refractivity contribution in [1.82, 2.24) is 9.62 Å². The molecule has 0 bridgehead atoms. The molecule has 31 heavy (non-hydrogen) atoms. The molecule has 0 saturated carbocycles. The molecule has 3 N–H and O–H groups in total. The highest BCUT2D eigenvalue weighted by Crippen LogP contribution is 2.31. The molecule has 0 radical (unpaired) electrons. The van der Waals surface area contributed by atoms with Crippen molar-refractivity contribution in [3.8, 4) is 0 Å². The Morgan fingerprint density at radius 3 is 2.48 bits per heavy atom. The van der Waals surface area contributed by atoms with Crippen LogP contribution in [0.5, 0.6) is 0 Å². The molecular weight excluding hydrogens is 414 g/mol. The van der Waals surface area contributed by atoms with Gasteiger partial charge in [0, 0.05) is 6.54 Å². The predicted molar refractivity (Wildman–Crippen MR) is 119 cm³/mol. The number of rotatable bonds is 7. The second-order valence-corrected chi connectivity index (χ2v) is 9.92. The third-order valence-corrected chi connectivity index (χ3v) is 7.67. The van der Waals surface area contributed by atoms with Crippen molar-refractivity contribution in [2.45, 2.75) is 63.6 Å². The number of primary amides is 1. The Kier molecular flexibility index (Phi) is 6.81. The fourth-order valence-electron chi connectivity index (χ4n) is 3.93. The first kappa shape index (κ1) is 23.0. The summed E-state index contributed by atoms with van der Waals surface area (Å²) in [5, 5.41) is 2.68. The summed E-state index contributed by atoms with van der Waals surface area (Å²) < 4.78 is 28.6. The van der Waals surface area contributed by atoms with Crippen molar-refractivity contribution in [3.05, 3.63) is 64.7 Å². The smallest absolute Gasteiger partial charge is 0.244 e. The van der Waals surface area contributed by atoms with E-state index in [4.69, 9.17) is 5.73 Å². The third-order valence-electron chi connectivity index (χ3n) is 5.68. The summed E-state index contributed by atoms with van der Waals surface area (Å²) >= 11 is 0. The average molecular weight is 444 g/mol. The molecule has 0 saturated heterocycles. The topological polar surface area (TPSA) is 110 Å². The summed E-state index contributed by atoms with van der Waals surface area (Å²) in [6.45, 7) is 5.54. The van der Waals surface area contributed by atoms with Gasteiger partial charge >= 0.3 is 0 Å². The first-order chi connectivity index (χ1) is 14.6. The minimum atomic E-state index is -3.96. The van der Waals surface area contributed by atoms with Gasteiger partial charge < -0.3 is 11.1 Å². The Balaban J connectivity index is 2.03. The van der Waals surface area contributed by atoms with Crippen LogP contribution in [-0.2, 0) is 32.6 Å². The highest BCUT2D eigenvalue weighted by Gasteiger charge is 2.40. The minimum absolute atomic E-state index is 0.0823. The summed E-state index contributed by atoms with van der Waals surface area (Å²) in [6.07, 6.45) is 1.28. The molecule has 3 rings (SSSR count). The van der Waals surface area contributed by atoms with E-state index in [1.165, 1.54) is 4.31 Å². The van der Waals surface area contributed by atoms with Gasteiger partial charge in [0.25, 0.3) is 0 Å². The maximum absolute atomic E-state index is 13.7. The Bertz CT molecular complexity index is 1100. The van der Waals surface area contributed by atoms with E-state index in [1.54, 1.807) is 19.1 Å². The average Bonchev–Trinajstić information content (AvgIpc) is 2.73. The maximum Gasteiger partial charge on any atom is 0.244 e. The number of hydrogen-bond donors (Lipinski definition) is 2. The number of amides is 2. The Labute approximate surface area is 183 Å². The predicted octanol–water partition coefficient (Wildman–Crippen LogP) is 2.19. The monoisotopic (exact) mass is 443 g/mol. The van der Waals surface area contributed by atoms with Gasteiger partial charge in [0.15, 0.2) is 0 Å².